The van der Waals surface area contributed by atoms with E-state index in [4.69, 9.17) is 18.9 Å². The molecule has 1 saturated heterocycles. The van der Waals surface area contributed by atoms with E-state index >= 15 is 0 Å². The highest BCUT2D eigenvalue weighted by atomic mass is 16.7. The molecule has 0 spiro atoms. The minimum atomic E-state index is -1.55. The number of carbonyl (C=O) groups is 1. The summed E-state index contributed by atoms with van der Waals surface area (Å²) in [4.78, 5) is 11.5. The lowest BCUT2D eigenvalue weighted by Gasteiger charge is -2.39. The second-order valence-electron chi connectivity index (χ2n) is 8.69. The first-order valence-corrected chi connectivity index (χ1v) is 12.3. The van der Waals surface area contributed by atoms with E-state index < -0.39 is 37.3 Å². The topological polar surface area (TPSA) is 135 Å². The van der Waals surface area contributed by atoms with Crippen LogP contribution in [0.15, 0.2) is 42.5 Å². The molecular weight excluding hydrogens is 468 g/mol. The average Bonchev–Trinajstić information content (AvgIpc) is 2.88. The number of hydrogen-bond donors (Lipinski definition) is 4. The van der Waals surface area contributed by atoms with Gasteiger partial charge < -0.3 is 39.4 Å². The van der Waals surface area contributed by atoms with Crippen molar-refractivity contribution < 1.29 is 44.2 Å². The molecule has 0 radical (unpaired) electrons. The molecule has 1 heterocycles. The summed E-state index contributed by atoms with van der Waals surface area (Å²) < 4.78 is 22.2. The maximum atomic E-state index is 11.5. The van der Waals surface area contributed by atoms with E-state index in [1.54, 1.807) is 19.1 Å². The van der Waals surface area contributed by atoms with Crippen LogP contribution in [0.1, 0.15) is 43.4 Å². The molecule has 198 valence electrons. The SMILES string of the molecule is CCOC(=O)CCCOc1ccc(Cc2ccc(CC)cc2)c(O[C@H]2O[C@H](CO)[C@@H](O)[C@H](O)[C@H]2O)c1. The number of esters is 1. The zero-order chi connectivity index (χ0) is 26.1. The summed E-state index contributed by atoms with van der Waals surface area (Å²) in [5.41, 5.74) is 3.06. The molecule has 0 amide bonds. The number of rotatable bonds is 12. The van der Waals surface area contributed by atoms with Gasteiger partial charge in [0.2, 0.25) is 6.29 Å². The standard InChI is InChI=1S/C27H36O9/c1-3-17-7-9-18(10-8-17)14-19-11-12-20(34-13-5-6-23(29)33-4-2)15-21(19)35-27-26(32)25(31)24(30)22(16-28)36-27/h7-12,15,22,24-28,30-32H,3-6,13-14,16H2,1-2H3/t22-,24-,25+,26-,27+/m1/s1. The summed E-state index contributed by atoms with van der Waals surface area (Å²) in [6, 6.07) is 13.5. The van der Waals surface area contributed by atoms with Crippen LogP contribution >= 0.6 is 0 Å². The fourth-order valence-corrected chi connectivity index (χ4v) is 3.92. The van der Waals surface area contributed by atoms with Gasteiger partial charge in [-0.2, -0.15) is 0 Å². The molecule has 9 nitrogen and oxygen atoms in total. The molecule has 2 aromatic rings. The van der Waals surface area contributed by atoms with Gasteiger partial charge in [0.15, 0.2) is 0 Å². The van der Waals surface area contributed by atoms with Crippen molar-refractivity contribution in [3.05, 3.63) is 59.2 Å². The second-order valence-corrected chi connectivity index (χ2v) is 8.69. The summed E-state index contributed by atoms with van der Waals surface area (Å²) >= 11 is 0. The summed E-state index contributed by atoms with van der Waals surface area (Å²) in [6.07, 6.45) is -4.77. The molecule has 0 aromatic heterocycles. The van der Waals surface area contributed by atoms with Gasteiger partial charge in [-0.1, -0.05) is 37.3 Å². The van der Waals surface area contributed by atoms with Gasteiger partial charge in [-0.25, -0.2) is 0 Å². The number of aliphatic hydroxyl groups excluding tert-OH is 4. The Morgan fingerprint density at radius 3 is 2.36 bits per heavy atom. The van der Waals surface area contributed by atoms with E-state index in [0.717, 1.165) is 17.5 Å². The molecule has 9 heteroatoms. The Hall–Kier alpha value is -2.69. The minimum absolute atomic E-state index is 0.244. The van der Waals surface area contributed by atoms with Crippen LogP contribution in [0.3, 0.4) is 0 Å². The lowest BCUT2D eigenvalue weighted by atomic mass is 9.99. The third-order valence-electron chi connectivity index (χ3n) is 6.06. The maximum Gasteiger partial charge on any atom is 0.305 e. The zero-order valence-electron chi connectivity index (χ0n) is 20.7. The smallest absolute Gasteiger partial charge is 0.305 e. The molecule has 0 unspecified atom stereocenters. The number of benzene rings is 2. The van der Waals surface area contributed by atoms with Crippen LogP contribution < -0.4 is 9.47 Å². The predicted octanol–water partition coefficient (Wildman–Crippen LogP) is 1.74. The van der Waals surface area contributed by atoms with Crippen LogP contribution in [0.2, 0.25) is 0 Å². The van der Waals surface area contributed by atoms with Gasteiger partial charge >= 0.3 is 5.97 Å². The lowest BCUT2D eigenvalue weighted by Crippen LogP contribution is -2.60. The molecule has 1 fully saturated rings. The number of aliphatic hydroxyl groups is 4. The van der Waals surface area contributed by atoms with Gasteiger partial charge in [-0.15, -0.1) is 0 Å². The van der Waals surface area contributed by atoms with Crippen LogP contribution in [0.5, 0.6) is 11.5 Å². The molecule has 2 aromatic carbocycles. The van der Waals surface area contributed by atoms with Crippen LogP contribution in [0.4, 0.5) is 0 Å². The van der Waals surface area contributed by atoms with Gasteiger partial charge in [-0.3, -0.25) is 4.79 Å². The predicted molar refractivity (Wildman–Crippen MR) is 131 cm³/mol. The number of aryl methyl sites for hydroxylation is 1. The number of hydrogen-bond acceptors (Lipinski definition) is 9. The van der Waals surface area contributed by atoms with Crippen molar-refractivity contribution in [2.24, 2.45) is 0 Å². The monoisotopic (exact) mass is 504 g/mol. The first-order chi connectivity index (χ1) is 17.4. The van der Waals surface area contributed by atoms with E-state index in [1.165, 1.54) is 5.56 Å². The fraction of sp³-hybridized carbons (Fsp3) is 0.519. The summed E-state index contributed by atoms with van der Waals surface area (Å²) in [5, 5.41) is 40.2. The summed E-state index contributed by atoms with van der Waals surface area (Å²) in [6.45, 7) is 3.92. The van der Waals surface area contributed by atoms with E-state index in [9.17, 15) is 25.2 Å². The molecule has 5 atom stereocenters. The number of ether oxygens (including phenoxy) is 4. The van der Waals surface area contributed by atoms with Crippen molar-refractivity contribution in [2.45, 2.75) is 70.2 Å². The molecule has 4 N–H and O–H groups in total. The highest BCUT2D eigenvalue weighted by Gasteiger charge is 2.44. The quantitative estimate of drug-likeness (QED) is 0.252. The highest BCUT2D eigenvalue weighted by molar-refractivity contribution is 5.69. The van der Waals surface area contributed by atoms with Crippen molar-refractivity contribution in [3.8, 4) is 11.5 Å². The molecule has 0 saturated carbocycles. The lowest BCUT2D eigenvalue weighted by molar-refractivity contribution is -0.277. The minimum Gasteiger partial charge on any atom is -0.493 e. The van der Waals surface area contributed by atoms with Gasteiger partial charge in [-0.05, 0) is 42.5 Å². The Balaban J connectivity index is 1.78. The Morgan fingerprint density at radius 1 is 0.972 bits per heavy atom. The molecule has 1 aliphatic rings. The van der Waals surface area contributed by atoms with Crippen molar-refractivity contribution in [1.29, 1.82) is 0 Å². The Kier molecular flexibility index (Phi) is 10.5. The second kappa shape index (κ2) is 13.6. The van der Waals surface area contributed by atoms with Gasteiger partial charge in [0, 0.05) is 18.9 Å². The van der Waals surface area contributed by atoms with Crippen LogP contribution in [-0.2, 0) is 27.1 Å². The number of carbonyl (C=O) groups excluding carboxylic acids is 1. The Labute approximate surface area is 211 Å². The zero-order valence-corrected chi connectivity index (χ0v) is 20.7. The van der Waals surface area contributed by atoms with Crippen molar-refractivity contribution in [3.63, 3.8) is 0 Å². The molecule has 3 rings (SSSR count). The van der Waals surface area contributed by atoms with E-state index in [0.29, 0.717) is 30.9 Å². The molecule has 0 aliphatic carbocycles. The molecule has 1 aliphatic heterocycles. The van der Waals surface area contributed by atoms with Crippen molar-refractivity contribution in [2.75, 3.05) is 19.8 Å². The first-order valence-electron chi connectivity index (χ1n) is 12.3. The van der Waals surface area contributed by atoms with E-state index in [1.807, 2.05) is 18.2 Å². The van der Waals surface area contributed by atoms with Crippen LogP contribution in [0, 0.1) is 0 Å². The Bertz CT molecular complexity index is 960. The van der Waals surface area contributed by atoms with Crippen LogP contribution in [-0.4, -0.2) is 76.9 Å². The molecule has 36 heavy (non-hydrogen) atoms. The maximum absolute atomic E-state index is 11.5. The van der Waals surface area contributed by atoms with E-state index in [2.05, 4.69) is 19.1 Å². The third-order valence-corrected chi connectivity index (χ3v) is 6.06. The van der Waals surface area contributed by atoms with Crippen molar-refractivity contribution in [1.82, 2.24) is 0 Å². The summed E-state index contributed by atoms with van der Waals surface area (Å²) in [5.74, 6) is 0.572. The van der Waals surface area contributed by atoms with Crippen LogP contribution in [0.25, 0.3) is 0 Å². The van der Waals surface area contributed by atoms with Gasteiger partial charge in [0.25, 0.3) is 0 Å². The Morgan fingerprint density at radius 2 is 1.69 bits per heavy atom. The third kappa shape index (κ3) is 7.41. The molecular formula is C27H36O9. The highest BCUT2D eigenvalue weighted by Crippen LogP contribution is 2.31. The summed E-state index contributed by atoms with van der Waals surface area (Å²) in [7, 11) is 0. The van der Waals surface area contributed by atoms with E-state index in [-0.39, 0.29) is 19.0 Å². The fourth-order valence-electron chi connectivity index (χ4n) is 3.92. The average molecular weight is 505 g/mol. The largest absolute Gasteiger partial charge is 0.493 e. The normalized spacial score (nSPS) is 23.8. The first kappa shape index (κ1) is 27.9. The van der Waals surface area contributed by atoms with Gasteiger partial charge in [0.05, 0.1) is 19.8 Å². The van der Waals surface area contributed by atoms with Gasteiger partial charge in [0.1, 0.15) is 35.9 Å². The molecule has 0 bridgehead atoms. The van der Waals surface area contributed by atoms with Crippen molar-refractivity contribution >= 4 is 5.97 Å².